The van der Waals surface area contributed by atoms with Crippen molar-refractivity contribution >= 4 is 43.7 Å². The molecule has 0 atom stereocenters. The van der Waals surface area contributed by atoms with Crippen molar-refractivity contribution in [2.24, 2.45) is 0 Å². The SMILES string of the molecule is CC(C)c1cccc(C(C)C)c1-c1ccnc(-c2[c-]c(Oc3[c-]c(-c4nccc5oc6ccccc6c45)c4[nH]c5ccc(C(C)(C)C)cc5c4c3)ccc2)c1.[Ir]. The molecule has 1 N–H and O–H groups in total. The van der Waals surface area contributed by atoms with Gasteiger partial charge in [0.2, 0.25) is 0 Å². The molecule has 4 aromatic heterocycles. The molecule has 4 heterocycles. The minimum Gasteiger partial charge on any atom is -0.497 e. The van der Waals surface area contributed by atoms with E-state index in [9.17, 15) is 0 Å². The zero-order valence-electron chi connectivity index (χ0n) is 32.7. The number of hydrogen-bond donors (Lipinski definition) is 1. The summed E-state index contributed by atoms with van der Waals surface area (Å²) in [6.45, 7) is 15.8. The van der Waals surface area contributed by atoms with Gasteiger partial charge in [0.25, 0.3) is 0 Å². The van der Waals surface area contributed by atoms with E-state index in [2.05, 4.69) is 126 Å². The summed E-state index contributed by atoms with van der Waals surface area (Å²) in [5.74, 6) is 1.92. The number of nitrogens with one attached hydrogen (secondary N) is 1. The van der Waals surface area contributed by atoms with Gasteiger partial charge in [0.05, 0.1) is 0 Å². The molecule has 0 amide bonds. The van der Waals surface area contributed by atoms with Crippen molar-refractivity contribution in [3.63, 3.8) is 0 Å². The van der Waals surface area contributed by atoms with Gasteiger partial charge in [-0.2, -0.15) is 0 Å². The van der Waals surface area contributed by atoms with Crippen molar-refractivity contribution in [3.8, 4) is 45.1 Å². The Morgan fingerprint density at radius 1 is 0.679 bits per heavy atom. The number of ether oxygens (including phenoxy) is 1. The molecular formula is C50H43IrN3O2-2. The molecule has 281 valence electrons. The summed E-state index contributed by atoms with van der Waals surface area (Å²) >= 11 is 0. The van der Waals surface area contributed by atoms with E-state index in [-0.39, 0.29) is 25.5 Å². The maximum atomic E-state index is 6.72. The molecule has 9 rings (SSSR count). The van der Waals surface area contributed by atoms with Crippen molar-refractivity contribution in [2.45, 2.75) is 65.7 Å². The Morgan fingerprint density at radius 2 is 1.43 bits per heavy atom. The summed E-state index contributed by atoms with van der Waals surface area (Å²) in [6, 6.07) is 42.9. The Balaban J connectivity index is 0.00000441. The molecule has 9 aromatic rings. The first kappa shape index (κ1) is 37.4. The molecule has 0 bridgehead atoms. The summed E-state index contributed by atoms with van der Waals surface area (Å²) in [6.07, 6.45) is 3.70. The van der Waals surface area contributed by atoms with Crippen molar-refractivity contribution in [3.05, 3.63) is 144 Å². The number of aromatic nitrogens is 3. The van der Waals surface area contributed by atoms with E-state index in [0.29, 0.717) is 23.3 Å². The van der Waals surface area contributed by atoms with Crippen LogP contribution in [0.4, 0.5) is 0 Å². The van der Waals surface area contributed by atoms with Crippen LogP contribution in [0.15, 0.2) is 120 Å². The molecule has 0 spiro atoms. The predicted octanol–water partition coefficient (Wildman–Crippen LogP) is 13.9. The van der Waals surface area contributed by atoms with Crippen LogP contribution in [0.2, 0.25) is 0 Å². The van der Waals surface area contributed by atoms with Crippen molar-refractivity contribution in [1.29, 1.82) is 0 Å². The second kappa shape index (κ2) is 14.5. The molecule has 0 aliphatic rings. The molecule has 0 saturated carbocycles. The molecule has 0 unspecified atom stereocenters. The van der Waals surface area contributed by atoms with E-state index in [1.165, 1.54) is 22.3 Å². The van der Waals surface area contributed by atoms with Crippen LogP contribution in [0.1, 0.15) is 77.0 Å². The smallest absolute Gasteiger partial charge is 0.134 e. The van der Waals surface area contributed by atoms with Crippen LogP contribution >= 0.6 is 0 Å². The van der Waals surface area contributed by atoms with Gasteiger partial charge in [-0.25, -0.2) is 0 Å². The van der Waals surface area contributed by atoms with Crippen LogP contribution in [-0.2, 0) is 25.5 Å². The van der Waals surface area contributed by atoms with E-state index in [0.717, 1.165) is 71.8 Å². The van der Waals surface area contributed by atoms with Gasteiger partial charge in [-0.15, -0.1) is 23.8 Å². The molecule has 5 nitrogen and oxygen atoms in total. The molecule has 1 radical (unpaired) electrons. The average molecular weight is 910 g/mol. The molecule has 0 fully saturated rings. The first-order valence-corrected chi connectivity index (χ1v) is 19.1. The topological polar surface area (TPSA) is 63.9 Å². The number of benzene rings is 5. The number of para-hydroxylation sites is 1. The fourth-order valence-corrected chi connectivity index (χ4v) is 7.86. The summed E-state index contributed by atoms with van der Waals surface area (Å²) in [7, 11) is 0. The quantitative estimate of drug-likeness (QED) is 0.162. The van der Waals surface area contributed by atoms with Crippen molar-refractivity contribution < 1.29 is 29.3 Å². The predicted molar refractivity (Wildman–Crippen MR) is 226 cm³/mol. The van der Waals surface area contributed by atoms with Crippen LogP contribution < -0.4 is 4.74 Å². The van der Waals surface area contributed by atoms with E-state index in [4.69, 9.17) is 19.1 Å². The Hall–Kier alpha value is -5.55. The first-order chi connectivity index (χ1) is 26.5. The third-order valence-electron chi connectivity index (χ3n) is 10.7. The minimum absolute atomic E-state index is 0. The van der Waals surface area contributed by atoms with Crippen LogP contribution in [0.3, 0.4) is 0 Å². The third-order valence-corrected chi connectivity index (χ3v) is 10.7. The molecule has 0 aliphatic carbocycles. The Labute approximate surface area is 341 Å². The van der Waals surface area contributed by atoms with Crippen LogP contribution in [0.5, 0.6) is 11.5 Å². The molecule has 0 saturated heterocycles. The molecule has 0 aliphatic heterocycles. The summed E-state index contributed by atoms with van der Waals surface area (Å²) in [5, 5.41) is 4.10. The monoisotopic (exact) mass is 910 g/mol. The second-order valence-corrected chi connectivity index (χ2v) is 16.1. The third kappa shape index (κ3) is 6.61. The van der Waals surface area contributed by atoms with Crippen molar-refractivity contribution in [2.75, 3.05) is 0 Å². The van der Waals surface area contributed by atoms with Gasteiger partial charge in [0.1, 0.15) is 11.2 Å². The number of pyridine rings is 2. The number of H-pyrrole nitrogens is 1. The Bertz CT molecular complexity index is 2880. The summed E-state index contributed by atoms with van der Waals surface area (Å²) < 4.78 is 13.0. The van der Waals surface area contributed by atoms with Gasteiger partial charge in [0, 0.05) is 66.0 Å². The Kier molecular flexibility index (Phi) is 9.68. The van der Waals surface area contributed by atoms with Crippen LogP contribution in [0, 0.1) is 12.1 Å². The minimum atomic E-state index is -0.0162. The normalized spacial score (nSPS) is 12.0. The van der Waals surface area contributed by atoms with E-state index >= 15 is 0 Å². The average Bonchev–Trinajstić information content (AvgIpc) is 3.75. The van der Waals surface area contributed by atoms with Crippen LogP contribution in [0.25, 0.3) is 77.4 Å². The standard InChI is InChI=1S/C50H43N3O2.Ir/c1-29(2)36-15-11-16-37(30(3)4)46(36)32-20-22-51-43(25-32)31-12-10-13-34(24-31)54-35-27-40-39-26-33(50(5,6)7)18-19-42(39)53-48(40)41(28-35)49-47-38-14-8-9-17-44(38)55-45(47)21-23-52-49;/h8-23,25-27,29-30,53H,1-7H3;/q-2;. The summed E-state index contributed by atoms with van der Waals surface area (Å²) in [5.41, 5.74) is 13.2. The fraction of sp³-hybridized carbons (Fsp3) is 0.200. The number of aromatic amines is 1. The van der Waals surface area contributed by atoms with E-state index in [1.807, 2.05) is 48.7 Å². The zero-order chi connectivity index (χ0) is 38.0. The second-order valence-electron chi connectivity index (χ2n) is 16.1. The molecule has 56 heavy (non-hydrogen) atoms. The van der Waals surface area contributed by atoms with Crippen molar-refractivity contribution in [1.82, 2.24) is 15.0 Å². The number of fused-ring (bicyclic) bond motifs is 6. The first-order valence-electron chi connectivity index (χ1n) is 19.1. The number of rotatable bonds is 7. The largest absolute Gasteiger partial charge is 0.497 e. The van der Waals surface area contributed by atoms with Crippen LogP contribution in [-0.4, -0.2) is 15.0 Å². The molecule has 5 aromatic carbocycles. The maximum absolute atomic E-state index is 6.72. The zero-order valence-corrected chi connectivity index (χ0v) is 35.1. The number of furan rings is 1. The van der Waals surface area contributed by atoms with Gasteiger partial charge in [-0.3, -0.25) is 0 Å². The number of nitrogens with zero attached hydrogens (tertiary/aromatic N) is 2. The molecular weight excluding hydrogens is 867 g/mol. The van der Waals surface area contributed by atoms with Gasteiger partial charge >= 0.3 is 0 Å². The van der Waals surface area contributed by atoms with Gasteiger partial charge in [-0.1, -0.05) is 132 Å². The van der Waals surface area contributed by atoms with Gasteiger partial charge < -0.3 is 24.1 Å². The maximum Gasteiger partial charge on any atom is 0.134 e. The van der Waals surface area contributed by atoms with Gasteiger partial charge in [0.15, 0.2) is 0 Å². The Morgan fingerprint density at radius 3 is 2.20 bits per heavy atom. The van der Waals surface area contributed by atoms with Gasteiger partial charge in [-0.05, 0) is 85.9 Å². The molecule has 6 heteroatoms. The van der Waals surface area contributed by atoms with E-state index in [1.54, 1.807) is 6.20 Å². The fourth-order valence-electron chi connectivity index (χ4n) is 7.86. The van der Waals surface area contributed by atoms with E-state index < -0.39 is 0 Å². The summed E-state index contributed by atoms with van der Waals surface area (Å²) in [4.78, 5) is 13.5. The number of hydrogen-bond acceptors (Lipinski definition) is 4.